The van der Waals surface area contributed by atoms with Crippen molar-refractivity contribution in [1.29, 1.82) is 0 Å². The van der Waals surface area contributed by atoms with Crippen molar-refractivity contribution in [2.24, 2.45) is 10.2 Å². The third-order valence-electron chi connectivity index (χ3n) is 2.88. The van der Waals surface area contributed by atoms with E-state index in [0.29, 0.717) is 0 Å². The molecule has 0 spiro atoms. The predicted molar refractivity (Wildman–Crippen MR) is 71.3 cm³/mol. The van der Waals surface area contributed by atoms with Gasteiger partial charge in [-0.25, -0.2) is 0 Å². The molecule has 0 heterocycles. The second-order valence-corrected chi connectivity index (χ2v) is 4.26. The average molecular weight is 224 g/mol. The highest BCUT2D eigenvalue weighted by atomic mass is 15.1. The summed E-state index contributed by atoms with van der Waals surface area (Å²) in [5, 5.41) is 8.54. The SMILES string of the molecule is Cc1ccc(N=Nc2ccccc2C)cc1C. The van der Waals surface area contributed by atoms with Crippen LogP contribution in [0.4, 0.5) is 11.4 Å². The quantitative estimate of drug-likeness (QED) is 0.639. The van der Waals surface area contributed by atoms with E-state index in [2.05, 4.69) is 36.2 Å². The molecule has 0 atom stereocenters. The first-order valence-electron chi connectivity index (χ1n) is 5.71. The molecule has 0 aliphatic carbocycles. The number of benzene rings is 2. The van der Waals surface area contributed by atoms with Crippen LogP contribution in [-0.4, -0.2) is 0 Å². The first kappa shape index (κ1) is 11.5. The minimum atomic E-state index is 0.899. The molecule has 0 N–H and O–H groups in total. The molecule has 86 valence electrons. The lowest BCUT2D eigenvalue weighted by Gasteiger charge is -2.00. The van der Waals surface area contributed by atoms with Crippen LogP contribution in [-0.2, 0) is 0 Å². The van der Waals surface area contributed by atoms with Gasteiger partial charge in [0, 0.05) is 0 Å². The Kier molecular flexibility index (Phi) is 3.33. The van der Waals surface area contributed by atoms with Gasteiger partial charge in [0.25, 0.3) is 0 Å². The van der Waals surface area contributed by atoms with Gasteiger partial charge in [-0.05, 0) is 55.7 Å². The third kappa shape index (κ3) is 2.78. The van der Waals surface area contributed by atoms with Gasteiger partial charge < -0.3 is 0 Å². The Morgan fingerprint density at radius 1 is 0.706 bits per heavy atom. The van der Waals surface area contributed by atoms with Gasteiger partial charge in [0.1, 0.15) is 0 Å². The summed E-state index contributed by atoms with van der Waals surface area (Å²) in [6, 6.07) is 14.1. The molecule has 17 heavy (non-hydrogen) atoms. The molecule has 2 aromatic rings. The molecular formula is C15H16N2. The van der Waals surface area contributed by atoms with Gasteiger partial charge >= 0.3 is 0 Å². The standard InChI is InChI=1S/C15H16N2/c1-11-8-9-14(10-13(11)3)16-17-15-7-5-4-6-12(15)2/h4-10H,1-3H3. The Morgan fingerprint density at radius 2 is 1.47 bits per heavy atom. The number of hydrogen-bond acceptors (Lipinski definition) is 2. The molecule has 0 amide bonds. The summed E-state index contributed by atoms with van der Waals surface area (Å²) in [4.78, 5) is 0. The minimum Gasteiger partial charge on any atom is -0.151 e. The van der Waals surface area contributed by atoms with Gasteiger partial charge in [0.05, 0.1) is 11.4 Å². The van der Waals surface area contributed by atoms with Crippen molar-refractivity contribution in [3.8, 4) is 0 Å². The highest BCUT2D eigenvalue weighted by molar-refractivity contribution is 5.47. The van der Waals surface area contributed by atoms with Crippen LogP contribution in [0.25, 0.3) is 0 Å². The molecule has 0 saturated heterocycles. The highest BCUT2D eigenvalue weighted by Gasteiger charge is 1.96. The zero-order valence-electron chi connectivity index (χ0n) is 10.4. The maximum Gasteiger partial charge on any atom is 0.0886 e. The van der Waals surface area contributed by atoms with Crippen molar-refractivity contribution in [2.45, 2.75) is 20.8 Å². The maximum absolute atomic E-state index is 4.27. The fourth-order valence-electron chi connectivity index (χ4n) is 1.58. The summed E-state index contributed by atoms with van der Waals surface area (Å²) in [7, 11) is 0. The van der Waals surface area contributed by atoms with E-state index in [0.717, 1.165) is 16.9 Å². The van der Waals surface area contributed by atoms with E-state index in [1.54, 1.807) is 0 Å². The van der Waals surface area contributed by atoms with E-state index >= 15 is 0 Å². The Morgan fingerprint density at radius 3 is 2.18 bits per heavy atom. The largest absolute Gasteiger partial charge is 0.151 e. The van der Waals surface area contributed by atoms with Gasteiger partial charge in [-0.1, -0.05) is 24.3 Å². The van der Waals surface area contributed by atoms with Crippen molar-refractivity contribution in [2.75, 3.05) is 0 Å². The highest BCUT2D eigenvalue weighted by Crippen LogP contribution is 2.22. The van der Waals surface area contributed by atoms with Crippen molar-refractivity contribution >= 4 is 11.4 Å². The summed E-state index contributed by atoms with van der Waals surface area (Å²) in [6.45, 7) is 6.22. The summed E-state index contributed by atoms with van der Waals surface area (Å²) >= 11 is 0. The lowest BCUT2D eigenvalue weighted by molar-refractivity contribution is 1.20. The van der Waals surface area contributed by atoms with E-state index in [9.17, 15) is 0 Å². The van der Waals surface area contributed by atoms with Gasteiger partial charge in [0.15, 0.2) is 0 Å². The summed E-state index contributed by atoms with van der Waals surface area (Å²) in [5.41, 5.74) is 5.48. The topological polar surface area (TPSA) is 24.7 Å². The molecule has 0 unspecified atom stereocenters. The molecule has 0 saturated carbocycles. The number of hydrogen-bond donors (Lipinski definition) is 0. The fraction of sp³-hybridized carbons (Fsp3) is 0.200. The van der Waals surface area contributed by atoms with Crippen molar-refractivity contribution in [1.82, 2.24) is 0 Å². The fourth-order valence-corrected chi connectivity index (χ4v) is 1.58. The van der Waals surface area contributed by atoms with Crippen molar-refractivity contribution < 1.29 is 0 Å². The summed E-state index contributed by atoms with van der Waals surface area (Å²) < 4.78 is 0. The van der Waals surface area contributed by atoms with E-state index in [-0.39, 0.29) is 0 Å². The van der Waals surface area contributed by atoms with Gasteiger partial charge in [-0.15, -0.1) is 0 Å². The van der Waals surface area contributed by atoms with Gasteiger partial charge in [0.2, 0.25) is 0 Å². The van der Waals surface area contributed by atoms with Crippen LogP contribution >= 0.6 is 0 Å². The van der Waals surface area contributed by atoms with Gasteiger partial charge in [-0.2, -0.15) is 10.2 Å². The second kappa shape index (κ2) is 4.91. The Balaban J connectivity index is 2.26. The summed E-state index contributed by atoms with van der Waals surface area (Å²) in [5.74, 6) is 0. The van der Waals surface area contributed by atoms with Crippen LogP contribution in [0.1, 0.15) is 16.7 Å². The van der Waals surface area contributed by atoms with Crippen LogP contribution in [0.15, 0.2) is 52.7 Å². The molecule has 0 fully saturated rings. The molecule has 2 rings (SSSR count). The van der Waals surface area contributed by atoms with E-state index in [1.807, 2.05) is 37.3 Å². The molecule has 0 aliphatic rings. The molecule has 0 aromatic heterocycles. The van der Waals surface area contributed by atoms with Crippen molar-refractivity contribution in [3.63, 3.8) is 0 Å². The molecule has 0 radical (unpaired) electrons. The average Bonchev–Trinajstić information content (AvgIpc) is 2.32. The Bertz CT molecular complexity index is 557. The van der Waals surface area contributed by atoms with Crippen LogP contribution in [0, 0.1) is 20.8 Å². The van der Waals surface area contributed by atoms with Crippen molar-refractivity contribution in [3.05, 3.63) is 59.2 Å². The minimum absolute atomic E-state index is 0.899. The van der Waals surface area contributed by atoms with Crippen LogP contribution < -0.4 is 0 Å². The first-order chi connectivity index (χ1) is 8.16. The van der Waals surface area contributed by atoms with E-state index in [1.165, 1.54) is 11.1 Å². The third-order valence-corrected chi connectivity index (χ3v) is 2.88. The summed E-state index contributed by atoms with van der Waals surface area (Å²) in [6.07, 6.45) is 0. The molecule has 2 heteroatoms. The first-order valence-corrected chi connectivity index (χ1v) is 5.71. The van der Waals surface area contributed by atoms with E-state index in [4.69, 9.17) is 0 Å². The Hall–Kier alpha value is -1.96. The van der Waals surface area contributed by atoms with Crippen LogP contribution in [0.2, 0.25) is 0 Å². The molecule has 2 nitrogen and oxygen atoms in total. The van der Waals surface area contributed by atoms with Crippen LogP contribution in [0.3, 0.4) is 0 Å². The smallest absolute Gasteiger partial charge is 0.0886 e. The Labute approximate surface area is 102 Å². The predicted octanol–water partition coefficient (Wildman–Crippen LogP) is 5.03. The molecule has 2 aromatic carbocycles. The zero-order valence-corrected chi connectivity index (χ0v) is 10.4. The normalized spacial score (nSPS) is 11.0. The van der Waals surface area contributed by atoms with E-state index < -0.39 is 0 Å². The number of rotatable bonds is 2. The number of nitrogens with zero attached hydrogens (tertiary/aromatic N) is 2. The number of aryl methyl sites for hydroxylation is 3. The zero-order chi connectivity index (χ0) is 12.3. The molecule has 0 bridgehead atoms. The number of azo groups is 1. The monoisotopic (exact) mass is 224 g/mol. The second-order valence-electron chi connectivity index (χ2n) is 4.26. The lowest BCUT2D eigenvalue weighted by atomic mass is 10.1. The molecular weight excluding hydrogens is 208 g/mol. The maximum atomic E-state index is 4.27. The lowest BCUT2D eigenvalue weighted by Crippen LogP contribution is -1.77. The molecule has 0 aliphatic heterocycles. The van der Waals surface area contributed by atoms with Gasteiger partial charge in [-0.3, -0.25) is 0 Å². The van der Waals surface area contributed by atoms with Crippen LogP contribution in [0.5, 0.6) is 0 Å².